The van der Waals surface area contributed by atoms with Gasteiger partial charge in [-0.25, -0.2) is 4.79 Å². The lowest BCUT2D eigenvalue weighted by Gasteiger charge is -2.25. The van der Waals surface area contributed by atoms with E-state index in [4.69, 9.17) is 5.26 Å². The number of carbonyl (C=O) groups is 1. The molecule has 1 rings (SSSR count). The molecule has 0 bridgehead atoms. The van der Waals surface area contributed by atoms with Gasteiger partial charge in [0, 0.05) is 6.54 Å². The minimum absolute atomic E-state index is 0.440. The quantitative estimate of drug-likeness (QED) is 0.523. The molecule has 1 fully saturated rings. The zero-order valence-corrected chi connectivity index (χ0v) is 7.33. The van der Waals surface area contributed by atoms with E-state index >= 15 is 0 Å². The van der Waals surface area contributed by atoms with Gasteiger partial charge in [-0.05, 0) is 19.9 Å². The molecule has 66 valence electrons. The van der Waals surface area contributed by atoms with Crippen molar-refractivity contribution in [3.63, 3.8) is 0 Å². The first-order valence-corrected chi connectivity index (χ1v) is 3.88. The molecule has 0 N–H and O–H groups in total. The van der Waals surface area contributed by atoms with Crippen molar-refractivity contribution in [3.05, 3.63) is 0 Å². The van der Waals surface area contributed by atoms with Crippen LogP contribution >= 0.6 is 0 Å². The van der Waals surface area contributed by atoms with Gasteiger partial charge in [-0.3, -0.25) is 4.90 Å². The molecule has 4 heteroatoms. The number of rotatable bonds is 1. The van der Waals surface area contributed by atoms with Gasteiger partial charge < -0.3 is 4.74 Å². The van der Waals surface area contributed by atoms with Gasteiger partial charge in [-0.1, -0.05) is 0 Å². The average Bonchev–Trinajstić information content (AvgIpc) is 2.46. The summed E-state index contributed by atoms with van der Waals surface area (Å²) < 4.78 is 4.60. The van der Waals surface area contributed by atoms with Crippen molar-refractivity contribution in [2.45, 2.75) is 18.4 Å². The molecular formula is C8H12N2O2. The fourth-order valence-electron chi connectivity index (χ4n) is 1.57. The molecule has 0 spiro atoms. The second-order valence-corrected chi connectivity index (χ2v) is 2.99. The molecule has 1 aliphatic heterocycles. The van der Waals surface area contributed by atoms with Crippen molar-refractivity contribution < 1.29 is 9.53 Å². The van der Waals surface area contributed by atoms with Crippen LogP contribution in [0, 0.1) is 11.3 Å². The Morgan fingerprint density at radius 2 is 2.42 bits per heavy atom. The predicted molar refractivity (Wildman–Crippen MR) is 42.2 cm³/mol. The zero-order chi connectivity index (χ0) is 9.19. The molecule has 0 aromatic rings. The van der Waals surface area contributed by atoms with E-state index in [2.05, 4.69) is 4.74 Å². The number of hydrogen-bond donors (Lipinski definition) is 0. The Hall–Kier alpha value is -1.08. The van der Waals surface area contributed by atoms with Crippen LogP contribution in [0.5, 0.6) is 0 Å². The molecule has 1 atom stereocenters. The SMILES string of the molecule is COC(=O)[C@]1(C#N)CCCN1C. The van der Waals surface area contributed by atoms with E-state index in [9.17, 15) is 4.79 Å². The Bertz CT molecular complexity index is 234. The van der Waals surface area contributed by atoms with Crippen LogP contribution in [-0.2, 0) is 9.53 Å². The summed E-state index contributed by atoms with van der Waals surface area (Å²) in [5.41, 5.74) is -1.02. The molecule has 0 aromatic heterocycles. The van der Waals surface area contributed by atoms with Crippen LogP contribution in [0.4, 0.5) is 0 Å². The first-order chi connectivity index (χ1) is 5.67. The third kappa shape index (κ3) is 1.07. The fourth-order valence-corrected chi connectivity index (χ4v) is 1.57. The summed E-state index contributed by atoms with van der Waals surface area (Å²) in [6.07, 6.45) is 1.45. The number of nitriles is 1. The van der Waals surface area contributed by atoms with E-state index in [1.165, 1.54) is 7.11 Å². The molecule has 1 saturated heterocycles. The zero-order valence-electron chi connectivity index (χ0n) is 7.33. The Labute approximate surface area is 71.7 Å². The summed E-state index contributed by atoms with van der Waals surface area (Å²) in [7, 11) is 3.08. The van der Waals surface area contributed by atoms with Crippen LogP contribution in [0.2, 0.25) is 0 Å². The van der Waals surface area contributed by atoms with Gasteiger partial charge in [0.1, 0.15) is 0 Å². The third-order valence-corrected chi connectivity index (χ3v) is 2.39. The maximum absolute atomic E-state index is 11.3. The highest BCUT2D eigenvalue weighted by atomic mass is 16.5. The summed E-state index contributed by atoms with van der Waals surface area (Å²) in [4.78, 5) is 13.0. The normalized spacial score (nSPS) is 29.8. The molecular weight excluding hydrogens is 156 g/mol. The van der Waals surface area contributed by atoms with Crippen LogP contribution in [0.15, 0.2) is 0 Å². The molecule has 0 saturated carbocycles. The summed E-state index contributed by atoms with van der Waals surface area (Å²) in [5.74, 6) is -0.440. The molecule has 0 unspecified atom stereocenters. The number of hydrogen-bond acceptors (Lipinski definition) is 4. The van der Waals surface area contributed by atoms with Gasteiger partial charge in [-0.2, -0.15) is 5.26 Å². The molecule has 12 heavy (non-hydrogen) atoms. The summed E-state index contributed by atoms with van der Waals surface area (Å²) >= 11 is 0. The fraction of sp³-hybridized carbons (Fsp3) is 0.750. The lowest BCUT2D eigenvalue weighted by molar-refractivity contribution is -0.149. The second kappa shape index (κ2) is 3.11. The Balaban J connectivity index is 2.91. The Kier molecular flexibility index (Phi) is 2.34. The van der Waals surface area contributed by atoms with Crippen molar-refractivity contribution in [2.24, 2.45) is 0 Å². The average molecular weight is 168 g/mol. The van der Waals surface area contributed by atoms with E-state index in [0.29, 0.717) is 6.42 Å². The number of likely N-dealkylation sites (tertiary alicyclic amines) is 1. The number of esters is 1. The lowest BCUT2D eigenvalue weighted by Crippen LogP contribution is -2.47. The van der Waals surface area contributed by atoms with Gasteiger partial charge in [0.05, 0.1) is 13.2 Å². The topological polar surface area (TPSA) is 53.3 Å². The number of methoxy groups -OCH3 is 1. The van der Waals surface area contributed by atoms with Crippen molar-refractivity contribution in [2.75, 3.05) is 20.7 Å². The monoisotopic (exact) mass is 168 g/mol. The predicted octanol–water partition coefficient (Wildman–Crippen LogP) is 0.147. The Morgan fingerprint density at radius 3 is 2.75 bits per heavy atom. The van der Waals surface area contributed by atoms with Crippen molar-refractivity contribution in [1.82, 2.24) is 4.90 Å². The van der Waals surface area contributed by atoms with Crippen molar-refractivity contribution >= 4 is 5.97 Å². The first kappa shape index (κ1) is 9.01. The minimum Gasteiger partial charge on any atom is -0.467 e. The van der Waals surface area contributed by atoms with Gasteiger partial charge in [0.2, 0.25) is 5.54 Å². The largest absolute Gasteiger partial charge is 0.467 e. The van der Waals surface area contributed by atoms with Crippen LogP contribution in [0.1, 0.15) is 12.8 Å². The highest BCUT2D eigenvalue weighted by Gasteiger charge is 2.47. The summed E-state index contributed by atoms with van der Waals surface area (Å²) in [6, 6.07) is 2.03. The van der Waals surface area contributed by atoms with E-state index in [1.54, 1.807) is 11.9 Å². The van der Waals surface area contributed by atoms with E-state index in [0.717, 1.165) is 13.0 Å². The molecule has 1 aliphatic rings. The standard InChI is InChI=1S/C8H12N2O2/c1-10-5-3-4-8(10,6-9)7(11)12-2/h3-5H2,1-2H3/t8-/m1/s1. The molecule has 0 aromatic carbocycles. The number of carbonyl (C=O) groups excluding carboxylic acids is 1. The molecule has 1 heterocycles. The van der Waals surface area contributed by atoms with Gasteiger partial charge >= 0.3 is 5.97 Å². The molecule has 4 nitrogen and oxygen atoms in total. The second-order valence-electron chi connectivity index (χ2n) is 2.99. The van der Waals surface area contributed by atoms with E-state index in [-0.39, 0.29) is 0 Å². The maximum atomic E-state index is 11.3. The van der Waals surface area contributed by atoms with Gasteiger partial charge in [0.15, 0.2) is 0 Å². The molecule has 0 aliphatic carbocycles. The Morgan fingerprint density at radius 1 is 1.75 bits per heavy atom. The third-order valence-electron chi connectivity index (χ3n) is 2.39. The summed E-state index contributed by atoms with van der Waals surface area (Å²) in [6.45, 7) is 0.780. The van der Waals surface area contributed by atoms with E-state index < -0.39 is 11.5 Å². The first-order valence-electron chi connectivity index (χ1n) is 3.88. The van der Waals surface area contributed by atoms with Crippen LogP contribution in [-0.4, -0.2) is 37.1 Å². The minimum atomic E-state index is -1.02. The number of likely N-dealkylation sites (N-methyl/N-ethyl adjacent to an activating group) is 1. The lowest BCUT2D eigenvalue weighted by atomic mass is 9.99. The molecule has 0 amide bonds. The van der Waals surface area contributed by atoms with Crippen LogP contribution in [0.3, 0.4) is 0 Å². The highest BCUT2D eigenvalue weighted by Crippen LogP contribution is 2.27. The van der Waals surface area contributed by atoms with Crippen molar-refractivity contribution in [1.29, 1.82) is 5.26 Å². The maximum Gasteiger partial charge on any atom is 0.341 e. The van der Waals surface area contributed by atoms with Crippen LogP contribution in [0.25, 0.3) is 0 Å². The number of ether oxygens (including phenoxy) is 1. The smallest absolute Gasteiger partial charge is 0.341 e. The van der Waals surface area contributed by atoms with E-state index in [1.807, 2.05) is 6.07 Å². The van der Waals surface area contributed by atoms with Crippen molar-refractivity contribution in [3.8, 4) is 6.07 Å². The van der Waals surface area contributed by atoms with Crippen LogP contribution < -0.4 is 0 Å². The number of nitrogens with zero attached hydrogens (tertiary/aromatic N) is 2. The highest BCUT2D eigenvalue weighted by molar-refractivity contribution is 5.84. The summed E-state index contributed by atoms with van der Waals surface area (Å²) in [5, 5.41) is 8.90. The van der Waals surface area contributed by atoms with Gasteiger partial charge in [-0.15, -0.1) is 0 Å². The van der Waals surface area contributed by atoms with Gasteiger partial charge in [0.25, 0.3) is 0 Å². The molecule has 0 radical (unpaired) electrons.